The van der Waals surface area contributed by atoms with E-state index in [1.165, 1.54) is 25.7 Å². The number of carbonyl (C=O) groups is 1. The highest BCUT2D eigenvalue weighted by atomic mass is 16.1. The first kappa shape index (κ1) is 8.98. The fraction of sp³-hybridized carbons (Fsp3) is 0.750. The van der Waals surface area contributed by atoms with Gasteiger partial charge in [-0.05, 0) is 31.6 Å². The van der Waals surface area contributed by atoms with Gasteiger partial charge in [-0.25, -0.2) is 0 Å². The first-order valence-corrected chi connectivity index (χ1v) is 5.37. The molecule has 2 rings (SSSR count). The number of Topliss-reactive ketones (excluding diaryl/α,β-unsaturated/α-hetero) is 1. The molecule has 2 aliphatic rings. The van der Waals surface area contributed by atoms with Crippen molar-refractivity contribution in [1.82, 2.24) is 0 Å². The molecule has 2 fully saturated rings. The van der Waals surface area contributed by atoms with Crippen LogP contribution in [0.1, 0.15) is 39.0 Å². The average Bonchev–Trinajstić information content (AvgIpc) is 2.76. The summed E-state index contributed by atoms with van der Waals surface area (Å²) < 4.78 is 0. The Hall–Kier alpha value is -0.590. The third-order valence-electron chi connectivity index (χ3n) is 3.50. The number of fused-ring (bicyclic) bond motifs is 1. The van der Waals surface area contributed by atoms with Crippen molar-refractivity contribution in [2.75, 3.05) is 0 Å². The Morgan fingerprint density at radius 1 is 1.31 bits per heavy atom. The molecule has 72 valence electrons. The number of hydrogen-bond donors (Lipinski definition) is 0. The van der Waals surface area contributed by atoms with Crippen LogP contribution >= 0.6 is 0 Å². The van der Waals surface area contributed by atoms with Gasteiger partial charge in [0.15, 0.2) is 0 Å². The molecule has 0 amide bonds. The van der Waals surface area contributed by atoms with Crippen LogP contribution in [-0.2, 0) is 4.79 Å². The van der Waals surface area contributed by atoms with Crippen LogP contribution in [0.4, 0.5) is 0 Å². The highest BCUT2D eigenvalue weighted by Gasteiger charge is 2.53. The lowest BCUT2D eigenvalue weighted by Gasteiger charge is -2.04. The number of hydrogen-bond acceptors (Lipinski definition) is 1. The van der Waals surface area contributed by atoms with E-state index in [4.69, 9.17) is 0 Å². The van der Waals surface area contributed by atoms with Crippen molar-refractivity contribution < 1.29 is 4.79 Å². The maximum atomic E-state index is 11.7. The molecule has 0 N–H and O–H groups in total. The number of allylic oxidation sites excluding steroid dienone is 1. The van der Waals surface area contributed by atoms with Crippen LogP contribution < -0.4 is 0 Å². The molecule has 0 aliphatic heterocycles. The van der Waals surface area contributed by atoms with Crippen molar-refractivity contribution in [3.05, 3.63) is 12.2 Å². The highest BCUT2D eigenvalue weighted by Crippen LogP contribution is 2.56. The molecule has 0 radical (unpaired) electrons. The summed E-state index contributed by atoms with van der Waals surface area (Å²) in [7, 11) is 0. The van der Waals surface area contributed by atoms with Gasteiger partial charge in [-0.15, -0.1) is 0 Å². The quantitative estimate of drug-likeness (QED) is 0.607. The van der Waals surface area contributed by atoms with Gasteiger partial charge in [0, 0.05) is 12.3 Å². The summed E-state index contributed by atoms with van der Waals surface area (Å²) in [4.78, 5) is 11.7. The average molecular weight is 178 g/mol. The summed E-state index contributed by atoms with van der Waals surface area (Å²) in [5.41, 5.74) is 1.02. The van der Waals surface area contributed by atoms with Gasteiger partial charge in [-0.2, -0.15) is 0 Å². The van der Waals surface area contributed by atoms with E-state index in [-0.39, 0.29) is 0 Å². The zero-order valence-electron chi connectivity index (χ0n) is 8.38. The van der Waals surface area contributed by atoms with Gasteiger partial charge in [0.05, 0.1) is 0 Å². The second-order valence-electron chi connectivity index (χ2n) is 4.74. The van der Waals surface area contributed by atoms with E-state index in [2.05, 4.69) is 6.58 Å². The molecule has 0 spiro atoms. The lowest BCUT2D eigenvalue weighted by atomic mass is 10.0. The van der Waals surface area contributed by atoms with Crippen LogP contribution in [0.25, 0.3) is 0 Å². The molecule has 0 aromatic carbocycles. The molecule has 0 heterocycles. The van der Waals surface area contributed by atoms with Crippen molar-refractivity contribution in [1.29, 1.82) is 0 Å². The maximum Gasteiger partial charge on any atom is 0.140 e. The second kappa shape index (κ2) is 3.28. The molecule has 1 nitrogen and oxygen atoms in total. The number of carbonyl (C=O) groups excluding carboxylic acids is 1. The SMILES string of the molecule is C=C(C)CC(=O)C1C2CCCCC21. The van der Waals surface area contributed by atoms with Crippen molar-refractivity contribution in [3.8, 4) is 0 Å². The van der Waals surface area contributed by atoms with Crippen LogP contribution in [0.3, 0.4) is 0 Å². The third-order valence-corrected chi connectivity index (χ3v) is 3.50. The van der Waals surface area contributed by atoms with E-state index in [0.717, 1.165) is 17.4 Å². The molecule has 2 aliphatic carbocycles. The second-order valence-corrected chi connectivity index (χ2v) is 4.74. The van der Waals surface area contributed by atoms with Gasteiger partial charge in [0.1, 0.15) is 5.78 Å². The molecule has 13 heavy (non-hydrogen) atoms. The fourth-order valence-corrected chi connectivity index (χ4v) is 2.89. The van der Waals surface area contributed by atoms with Crippen LogP contribution in [0.2, 0.25) is 0 Å². The summed E-state index contributed by atoms with van der Waals surface area (Å²) >= 11 is 0. The zero-order valence-corrected chi connectivity index (χ0v) is 8.38. The summed E-state index contributed by atoms with van der Waals surface area (Å²) in [6, 6.07) is 0. The molecular formula is C12H18O. The third kappa shape index (κ3) is 1.70. The molecule has 1 heteroatoms. The van der Waals surface area contributed by atoms with Gasteiger partial charge >= 0.3 is 0 Å². The minimum atomic E-state index is 0.430. The Labute approximate surface area is 80.2 Å². The van der Waals surface area contributed by atoms with Gasteiger partial charge in [0.2, 0.25) is 0 Å². The normalized spacial score (nSPS) is 36.5. The van der Waals surface area contributed by atoms with Crippen molar-refractivity contribution in [2.45, 2.75) is 39.0 Å². The lowest BCUT2D eigenvalue weighted by molar-refractivity contribution is -0.120. The van der Waals surface area contributed by atoms with Crippen LogP contribution in [0.15, 0.2) is 12.2 Å². The van der Waals surface area contributed by atoms with E-state index < -0.39 is 0 Å². The van der Waals surface area contributed by atoms with E-state index in [0.29, 0.717) is 18.1 Å². The molecule has 0 bridgehead atoms. The largest absolute Gasteiger partial charge is 0.299 e. The monoisotopic (exact) mass is 178 g/mol. The molecular weight excluding hydrogens is 160 g/mol. The van der Waals surface area contributed by atoms with E-state index in [9.17, 15) is 4.79 Å². The predicted molar refractivity (Wildman–Crippen MR) is 53.4 cm³/mol. The Balaban J connectivity index is 1.89. The topological polar surface area (TPSA) is 17.1 Å². The zero-order chi connectivity index (χ0) is 9.42. The Bertz CT molecular complexity index is 230. The van der Waals surface area contributed by atoms with Crippen LogP contribution in [0, 0.1) is 17.8 Å². The standard InChI is InChI=1S/C12H18O/c1-8(2)7-11(13)12-9-5-3-4-6-10(9)12/h9-10,12H,1,3-7H2,2H3. The first-order chi connectivity index (χ1) is 6.20. The molecule has 2 saturated carbocycles. The number of rotatable bonds is 3. The van der Waals surface area contributed by atoms with Crippen molar-refractivity contribution in [2.24, 2.45) is 17.8 Å². The fourth-order valence-electron chi connectivity index (χ4n) is 2.89. The molecule has 0 saturated heterocycles. The van der Waals surface area contributed by atoms with Crippen LogP contribution in [-0.4, -0.2) is 5.78 Å². The summed E-state index contributed by atoms with van der Waals surface area (Å²) in [5.74, 6) is 2.42. The Morgan fingerprint density at radius 2 is 1.85 bits per heavy atom. The Morgan fingerprint density at radius 3 is 2.31 bits per heavy atom. The summed E-state index contributed by atoms with van der Waals surface area (Å²) in [6.45, 7) is 5.75. The van der Waals surface area contributed by atoms with Gasteiger partial charge in [-0.1, -0.05) is 25.0 Å². The highest BCUT2D eigenvalue weighted by molar-refractivity contribution is 5.86. The smallest absolute Gasteiger partial charge is 0.140 e. The van der Waals surface area contributed by atoms with E-state index in [1.54, 1.807) is 0 Å². The summed E-state index contributed by atoms with van der Waals surface area (Å²) in [5, 5.41) is 0. The first-order valence-electron chi connectivity index (χ1n) is 5.37. The minimum absolute atomic E-state index is 0.430. The van der Waals surface area contributed by atoms with Crippen molar-refractivity contribution >= 4 is 5.78 Å². The summed E-state index contributed by atoms with van der Waals surface area (Å²) in [6.07, 6.45) is 5.92. The molecule has 0 aromatic rings. The van der Waals surface area contributed by atoms with Gasteiger partial charge < -0.3 is 0 Å². The predicted octanol–water partition coefficient (Wildman–Crippen LogP) is 2.96. The van der Waals surface area contributed by atoms with Gasteiger partial charge in [0.25, 0.3) is 0 Å². The number of ketones is 1. The minimum Gasteiger partial charge on any atom is -0.299 e. The van der Waals surface area contributed by atoms with Crippen LogP contribution in [0.5, 0.6) is 0 Å². The van der Waals surface area contributed by atoms with E-state index in [1.807, 2.05) is 6.92 Å². The lowest BCUT2D eigenvalue weighted by Crippen LogP contribution is -2.03. The van der Waals surface area contributed by atoms with Gasteiger partial charge in [-0.3, -0.25) is 4.79 Å². The van der Waals surface area contributed by atoms with E-state index >= 15 is 0 Å². The molecule has 0 aromatic heterocycles. The Kier molecular flexibility index (Phi) is 2.27. The molecule has 2 atom stereocenters. The van der Waals surface area contributed by atoms with Crippen molar-refractivity contribution in [3.63, 3.8) is 0 Å². The maximum absolute atomic E-state index is 11.7. The molecule has 2 unspecified atom stereocenters.